The van der Waals surface area contributed by atoms with Crippen LogP contribution in [-0.2, 0) is 6.42 Å². The van der Waals surface area contributed by atoms with Crippen LogP contribution >= 0.6 is 0 Å². The van der Waals surface area contributed by atoms with Gasteiger partial charge >= 0.3 is 6.03 Å². The number of hydrogen-bond donors (Lipinski definition) is 2. The number of furan rings is 1. The van der Waals surface area contributed by atoms with E-state index in [1.165, 1.54) is 0 Å². The van der Waals surface area contributed by atoms with Crippen LogP contribution in [0.15, 0.2) is 23.0 Å². The van der Waals surface area contributed by atoms with Crippen LogP contribution in [0.1, 0.15) is 26.3 Å². The molecule has 0 fully saturated rings. The minimum Gasteiger partial charge on any atom is -0.472 e. The van der Waals surface area contributed by atoms with Gasteiger partial charge in [0.1, 0.15) is 0 Å². The molecule has 0 aliphatic heterocycles. The van der Waals surface area contributed by atoms with E-state index in [2.05, 4.69) is 10.6 Å². The molecule has 2 amide bonds. The number of carbonyl (C=O) groups is 1. The first-order chi connectivity index (χ1) is 6.97. The Morgan fingerprint density at radius 1 is 1.47 bits per heavy atom. The molecule has 84 valence electrons. The fraction of sp³-hybridized carbons (Fsp3) is 0.545. The molecule has 1 aromatic heterocycles. The first-order valence-corrected chi connectivity index (χ1v) is 5.04. The Hall–Kier alpha value is -1.45. The van der Waals surface area contributed by atoms with Crippen LogP contribution in [0.25, 0.3) is 0 Å². The molecule has 4 heteroatoms. The lowest BCUT2D eigenvalue weighted by Gasteiger charge is -2.20. The second-order valence-electron chi connectivity index (χ2n) is 4.51. The summed E-state index contributed by atoms with van der Waals surface area (Å²) in [6, 6.07) is 1.76. The molecule has 0 unspecified atom stereocenters. The van der Waals surface area contributed by atoms with Gasteiger partial charge in [-0.2, -0.15) is 0 Å². The predicted molar refractivity (Wildman–Crippen MR) is 58.7 cm³/mol. The third kappa shape index (κ3) is 5.10. The Bertz CT molecular complexity index is 299. The van der Waals surface area contributed by atoms with Crippen molar-refractivity contribution in [2.45, 2.75) is 32.7 Å². The zero-order chi connectivity index (χ0) is 11.3. The highest BCUT2D eigenvalue weighted by Gasteiger charge is 2.12. The van der Waals surface area contributed by atoms with Gasteiger partial charge in [-0.25, -0.2) is 4.79 Å². The monoisotopic (exact) mass is 210 g/mol. The fourth-order valence-electron chi connectivity index (χ4n) is 1.14. The maximum absolute atomic E-state index is 11.3. The molecule has 15 heavy (non-hydrogen) atoms. The van der Waals surface area contributed by atoms with Gasteiger partial charge < -0.3 is 15.1 Å². The van der Waals surface area contributed by atoms with Crippen molar-refractivity contribution in [2.24, 2.45) is 0 Å². The van der Waals surface area contributed by atoms with Crippen LogP contribution in [-0.4, -0.2) is 18.1 Å². The fourth-order valence-corrected chi connectivity index (χ4v) is 1.14. The number of rotatable bonds is 3. The molecule has 0 radical (unpaired) electrons. The Balaban J connectivity index is 2.18. The molecule has 0 saturated carbocycles. The minimum atomic E-state index is -0.195. The zero-order valence-electron chi connectivity index (χ0n) is 9.46. The van der Waals surface area contributed by atoms with Crippen LogP contribution in [0.5, 0.6) is 0 Å². The van der Waals surface area contributed by atoms with Crippen molar-refractivity contribution in [2.75, 3.05) is 6.54 Å². The van der Waals surface area contributed by atoms with Gasteiger partial charge in [0.15, 0.2) is 0 Å². The third-order valence-corrected chi connectivity index (χ3v) is 1.77. The standard InChI is InChI=1S/C11H18N2O2/c1-11(2,3)13-10(14)12-6-4-9-5-7-15-8-9/h5,7-8H,4,6H2,1-3H3,(H2,12,13,14). The highest BCUT2D eigenvalue weighted by Crippen LogP contribution is 2.00. The summed E-state index contributed by atoms with van der Waals surface area (Å²) in [6.45, 7) is 6.45. The lowest BCUT2D eigenvalue weighted by Crippen LogP contribution is -2.46. The maximum Gasteiger partial charge on any atom is 0.315 e. The predicted octanol–water partition coefficient (Wildman–Crippen LogP) is 1.92. The van der Waals surface area contributed by atoms with E-state index in [4.69, 9.17) is 4.42 Å². The highest BCUT2D eigenvalue weighted by molar-refractivity contribution is 5.74. The second kappa shape index (κ2) is 4.87. The minimum absolute atomic E-state index is 0.133. The Kier molecular flexibility index (Phi) is 3.77. The SMILES string of the molecule is CC(C)(C)NC(=O)NCCc1ccoc1. The molecule has 2 N–H and O–H groups in total. The quantitative estimate of drug-likeness (QED) is 0.800. The highest BCUT2D eigenvalue weighted by atomic mass is 16.3. The Morgan fingerprint density at radius 3 is 2.73 bits per heavy atom. The van der Waals surface area contributed by atoms with Crippen molar-refractivity contribution in [3.63, 3.8) is 0 Å². The van der Waals surface area contributed by atoms with E-state index in [1.54, 1.807) is 12.5 Å². The summed E-state index contributed by atoms with van der Waals surface area (Å²) < 4.78 is 4.92. The van der Waals surface area contributed by atoms with E-state index in [-0.39, 0.29) is 11.6 Å². The van der Waals surface area contributed by atoms with Gasteiger partial charge in [-0.15, -0.1) is 0 Å². The maximum atomic E-state index is 11.3. The zero-order valence-corrected chi connectivity index (χ0v) is 9.46. The molecule has 0 spiro atoms. The molecular formula is C11H18N2O2. The van der Waals surface area contributed by atoms with E-state index in [1.807, 2.05) is 26.8 Å². The van der Waals surface area contributed by atoms with Gasteiger partial charge in [0.05, 0.1) is 12.5 Å². The summed E-state index contributed by atoms with van der Waals surface area (Å²) in [7, 11) is 0. The average molecular weight is 210 g/mol. The van der Waals surface area contributed by atoms with Gasteiger partial charge in [-0.3, -0.25) is 0 Å². The lowest BCUT2D eigenvalue weighted by molar-refractivity contribution is 0.232. The molecular weight excluding hydrogens is 192 g/mol. The number of nitrogens with one attached hydrogen (secondary N) is 2. The Morgan fingerprint density at radius 2 is 2.20 bits per heavy atom. The van der Waals surface area contributed by atoms with Crippen LogP contribution < -0.4 is 10.6 Å². The first-order valence-electron chi connectivity index (χ1n) is 5.04. The van der Waals surface area contributed by atoms with Crippen molar-refractivity contribution in [1.29, 1.82) is 0 Å². The average Bonchev–Trinajstić information content (AvgIpc) is 2.53. The van der Waals surface area contributed by atoms with Crippen molar-refractivity contribution in [1.82, 2.24) is 10.6 Å². The number of carbonyl (C=O) groups excluding carboxylic acids is 1. The molecule has 0 atom stereocenters. The number of amides is 2. The topological polar surface area (TPSA) is 54.3 Å². The van der Waals surface area contributed by atoms with Gasteiger partial charge in [-0.05, 0) is 38.8 Å². The third-order valence-electron chi connectivity index (χ3n) is 1.77. The summed E-state index contributed by atoms with van der Waals surface area (Å²) in [5.41, 5.74) is 0.894. The molecule has 0 aliphatic carbocycles. The van der Waals surface area contributed by atoms with E-state index in [0.717, 1.165) is 12.0 Å². The van der Waals surface area contributed by atoms with E-state index >= 15 is 0 Å². The summed E-state index contributed by atoms with van der Waals surface area (Å²) in [5, 5.41) is 5.61. The van der Waals surface area contributed by atoms with Crippen LogP contribution in [0, 0.1) is 0 Å². The molecule has 0 bridgehead atoms. The normalized spacial score (nSPS) is 11.1. The molecule has 0 aliphatic rings. The molecule has 1 heterocycles. The van der Waals surface area contributed by atoms with Crippen LogP contribution in [0.2, 0.25) is 0 Å². The largest absolute Gasteiger partial charge is 0.472 e. The summed E-state index contributed by atoms with van der Waals surface area (Å²) in [5.74, 6) is 0. The van der Waals surface area contributed by atoms with E-state index in [0.29, 0.717) is 6.54 Å². The first kappa shape index (κ1) is 11.6. The van der Waals surface area contributed by atoms with Crippen LogP contribution in [0.3, 0.4) is 0 Å². The second-order valence-corrected chi connectivity index (χ2v) is 4.51. The summed E-state index contributed by atoms with van der Waals surface area (Å²) in [6.07, 6.45) is 4.10. The smallest absolute Gasteiger partial charge is 0.315 e. The van der Waals surface area contributed by atoms with E-state index < -0.39 is 0 Å². The van der Waals surface area contributed by atoms with Gasteiger partial charge in [0, 0.05) is 12.1 Å². The Labute approximate surface area is 90.0 Å². The number of urea groups is 1. The van der Waals surface area contributed by atoms with Crippen molar-refractivity contribution in [3.8, 4) is 0 Å². The molecule has 0 aromatic carbocycles. The number of hydrogen-bond acceptors (Lipinski definition) is 2. The summed E-state index contributed by atoms with van der Waals surface area (Å²) >= 11 is 0. The van der Waals surface area contributed by atoms with Crippen molar-refractivity contribution >= 4 is 6.03 Å². The van der Waals surface area contributed by atoms with Gasteiger partial charge in [-0.1, -0.05) is 0 Å². The van der Waals surface area contributed by atoms with Gasteiger partial charge in [0.25, 0.3) is 0 Å². The lowest BCUT2D eigenvalue weighted by atomic mass is 10.1. The van der Waals surface area contributed by atoms with Crippen molar-refractivity contribution < 1.29 is 9.21 Å². The molecule has 1 aromatic rings. The van der Waals surface area contributed by atoms with Gasteiger partial charge in [0.2, 0.25) is 0 Å². The summed E-state index contributed by atoms with van der Waals surface area (Å²) in [4.78, 5) is 11.3. The molecule has 1 rings (SSSR count). The molecule has 4 nitrogen and oxygen atoms in total. The van der Waals surface area contributed by atoms with E-state index in [9.17, 15) is 4.79 Å². The van der Waals surface area contributed by atoms with Crippen LogP contribution in [0.4, 0.5) is 4.79 Å². The molecule has 0 saturated heterocycles. The van der Waals surface area contributed by atoms with Crippen molar-refractivity contribution in [3.05, 3.63) is 24.2 Å².